The van der Waals surface area contributed by atoms with E-state index in [1.165, 1.54) is 22.7 Å². The van der Waals surface area contributed by atoms with Crippen molar-refractivity contribution in [3.63, 3.8) is 0 Å². The summed E-state index contributed by atoms with van der Waals surface area (Å²) in [5, 5.41) is 13.5. The van der Waals surface area contributed by atoms with Crippen LogP contribution >= 0.6 is 46.6 Å². The fourth-order valence-electron chi connectivity index (χ4n) is 3.46. The predicted molar refractivity (Wildman–Crippen MR) is 138 cm³/mol. The minimum absolute atomic E-state index is 0.202. The van der Waals surface area contributed by atoms with Crippen LogP contribution in [-0.2, 0) is 16.0 Å². The average Bonchev–Trinajstić information content (AvgIpc) is 3.12. The third-order valence-corrected chi connectivity index (χ3v) is 7.07. The molecule has 0 bridgehead atoms. The van der Waals surface area contributed by atoms with Crippen LogP contribution in [0, 0.1) is 11.3 Å². The summed E-state index contributed by atoms with van der Waals surface area (Å²) in [6.07, 6.45) is 0.386. The normalized spacial score (nSPS) is 16.8. The summed E-state index contributed by atoms with van der Waals surface area (Å²) in [6, 6.07) is 22.7. The first-order valence-corrected chi connectivity index (χ1v) is 12.1. The van der Waals surface area contributed by atoms with Gasteiger partial charge in [-0.15, -0.1) is 0 Å². The highest BCUT2D eigenvalue weighted by atomic mass is 35.5. The first-order valence-electron chi connectivity index (χ1n) is 10.1. The molecular weight excluding hydrogens is 513 g/mol. The fourth-order valence-corrected chi connectivity index (χ4v) is 5.31. The van der Waals surface area contributed by atoms with Gasteiger partial charge in [0.25, 0.3) is 5.91 Å². The second kappa shape index (κ2) is 10.5. The molecule has 0 aromatic heterocycles. The van der Waals surface area contributed by atoms with Crippen molar-refractivity contribution in [1.82, 2.24) is 0 Å². The number of halogens is 3. The molecule has 1 aliphatic heterocycles. The van der Waals surface area contributed by atoms with Gasteiger partial charge in [-0.3, -0.25) is 14.5 Å². The molecule has 3 aromatic carbocycles. The van der Waals surface area contributed by atoms with E-state index in [0.29, 0.717) is 22.2 Å². The van der Waals surface area contributed by atoms with E-state index in [1.54, 1.807) is 48.5 Å². The SMILES string of the molecule is N#C/C(C(=O)Nc1cc(Cl)ccc1Cl)=C1/SC(Cc2cccc(Cl)c2)C(=O)N1c1ccccc1. The Kier molecular flexibility index (Phi) is 7.50. The number of benzene rings is 3. The average molecular weight is 529 g/mol. The Bertz CT molecular complexity index is 1340. The van der Waals surface area contributed by atoms with Gasteiger partial charge in [0.2, 0.25) is 5.91 Å². The Morgan fingerprint density at radius 3 is 2.44 bits per heavy atom. The van der Waals surface area contributed by atoms with Gasteiger partial charge in [-0.25, -0.2) is 0 Å². The van der Waals surface area contributed by atoms with Crippen molar-refractivity contribution in [3.8, 4) is 6.07 Å². The number of hydrogen-bond acceptors (Lipinski definition) is 4. The van der Waals surface area contributed by atoms with Gasteiger partial charge in [0, 0.05) is 15.7 Å². The molecule has 4 rings (SSSR count). The van der Waals surface area contributed by atoms with Gasteiger partial charge in [-0.05, 0) is 54.4 Å². The predicted octanol–water partition coefficient (Wildman–Crippen LogP) is 6.71. The molecule has 1 heterocycles. The van der Waals surface area contributed by atoms with Crippen LogP contribution in [0.3, 0.4) is 0 Å². The lowest BCUT2D eigenvalue weighted by Crippen LogP contribution is -2.30. The Morgan fingerprint density at radius 2 is 1.74 bits per heavy atom. The van der Waals surface area contributed by atoms with Crippen molar-refractivity contribution in [2.45, 2.75) is 11.7 Å². The Morgan fingerprint density at radius 1 is 1.00 bits per heavy atom. The topological polar surface area (TPSA) is 73.2 Å². The Balaban J connectivity index is 1.73. The molecule has 0 aliphatic carbocycles. The zero-order valence-corrected chi connectivity index (χ0v) is 20.6. The standard InChI is InChI=1S/C25H16Cl3N3O2S/c26-16-6-4-5-15(11-16)12-22-24(33)31(18-7-2-1-3-8-18)25(34-22)19(14-29)23(32)30-21-13-17(27)9-10-20(21)28/h1-11,13,22H,12H2,(H,30,32)/b25-19-. The molecule has 2 amide bonds. The molecule has 1 fully saturated rings. The summed E-state index contributed by atoms with van der Waals surface area (Å²) in [5.74, 6) is -0.918. The van der Waals surface area contributed by atoms with Crippen LogP contribution in [-0.4, -0.2) is 17.1 Å². The lowest BCUT2D eigenvalue weighted by Gasteiger charge is -2.18. The summed E-state index contributed by atoms with van der Waals surface area (Å²) >= 11 is 19.5. The zero-order valence-electron chi connectivity index (χ0n) is 17.5. The van der Waals surface area contributed by atoms with Crippen molar-refractivity contribution < 1.29 is 9.59 Å². The highest BCUT2D eigenvalue weighted by molar-refractivity contribution is 8.05. The maximum atomic E-state index is 13.5. The van der Waals surface area contributed by atoms with E-state index >= 15 is 0 Å². The lowest BCUT2D eigenvalue weighted by molar-refractivity contribution is -0.117. The van der Waals surface area contributed by atoms with Gasteiger partial charge >= 0.3 is 0 Å². The maximum absolute atomic E-state index is 13.5. The number of nitrogens with one attached hydrogen (secondary N) is 1. The fraction of sp³-hybridized carbons (Fsp3) is 0.0800. The Hall–Kier alpha value is -2.95. The van der Waals surface area contributed by atoms with Crippen LogP contribution in [0.2, 0.25) is 15.1 Å². The van der Waals surface area contributed by atoms with E-state index in [9.17, 15) is 14.9 Å². The molecule has 0 radical (unpaired) electrons. The van der Waals surface area contributed by atoms with E-state index in [2.05, 4.69) is 5.32 Å². The first kappa shape index (κ1) is 24.2. The number of hydrogen-bond donors (Lipinski definition) is 1. The van der Waals surface area contributed by atoms with E-state index in [-0.39, 0.29) is 27.2 Å². The number of nitrogens with zero attached hydrogens (tertiary/aromatic N) is 2. The number of anilines is 2. The second-order valence-electron chi connectivity index (χ2n) is 7.32. The molecule has 3 aromatic rings. The van der Waals surface area contributed by atoms with Gasteiger partial charge in [-0.2, -0.15) is 5.26 Å². The zero-order chi connectivity index (χ0) is 24.2. The minimum atomic E-state index is -0.689. The third-order valence-electron chi connectivity index (χ3n) is 5.01. The van der Waals surface area contributed by atoms with E-state index in [0.717, 1.165) is 5.56 Å². The van der Waals surface area contributed by atoms with Crippen LogP contribution in [0.1, 0.15) is 5.56 Å². The van der Waals surface area contributed by atoms with Crippen molar-refractivity contribution >= 4 is 69.8 Å². The molecule has 0 saturated carbocycles. The number of carbonyl (C=O) groups excluding carboxylic acids is 2. The summed E-state index contributed by atoms with van der Waals surface area (Å²) in [5.41, 5.74) is 1.50. The van der Waals surface area contributed by atoms with Crippen molar-refractivity contribution in [1.29, 1.82) is 5.26 Å². The molecule has 1 atom stereocenters. The molecule has 1 N–H and O–H groups in total. The smallest absolute Gasteiger partial charge is 0.269 e. The van der Waals surface area contributed by atoms with Crippen molar-refractivity contribution in [3.05, 3.63) is 104 Å². The highest BCUT2D eigenvalue weighted by Gasteiger charge is 2.40. The van der Waals surface area contributed by atoms with E-state index in [1.807, 2.05) is 24.3 Å². The Labute approximate surface area is 215 Å². The number of carbonyl (C=O) groups is 2. The molecule has 5 nitrogen and oxygen atoms in total. The van der Waals surface area contributed by atoms with Crippen LogP contribution in [0.4, 0.5) is 11.4 Å². The van der Waals surface area contributed by atoms with Gasteiger partial charge in [0.05, 0.1) is 16.0 Å². The minimum Gasteiger partial charge on any atom is -0.320 e. The number of thioether (sulfide) groups is 1. The summed E-state index contributed by atoms with van der Waals surface area (Å²) in [4.78, 5) is 28.0. The molecule has 1 saturated heterocycles. The number of nitriles is 1. The van der Waals surface area contributed by atoms with Crippen LogP contribution in [0.5, 0.6) is 0 Å². The molecule has 9 heteroatoms. The summed E-state index contributed by atoms with van der Waals surface area (Å²) < 4.78 is 0. The van der Waals surface area contributed by atoms with Gasteiger partial charge in [0.1, 0.15) is 16.7 Å². The van der Waals surface area contributed by atoms with Crippen LogP contribution < -0.4 is 10.2 Å². The van der Waals surface area contributed by atoms with Crippen LogP contribution in [0.25, 0.3) is 0 Å². The van der Waals surface area contributed by atoms with E-state index in [4.69, 9.17) is 34.8 Å². The van der Waals surface area contributed by atoms with Gasteiger partial charge in [-0.1, -0.05) is 76.9 Å². The molecule has 1 unspecified atom stereocenters. The van der Waals surface area contributed by atoms with Gasteiger partial charge < -0.3 is 5.32 Å². The quantitative estimate of drug-likeness (QED) is 0.295. The first-order chi connectivity index (χ1) is 16.4. The highest BCUT2D eigenvalue weighted by Crippen LogP contribution is 2.42. The lowest BCUT2D eigenvalue weighted by atomic mass is 10.1. The molecule has 34 heavy (non-hydrogen) atoms. The van der Waals surface area contributed by atoms with Crippen molar-refractivity contribution in [2.75, 3.05) is 10.2 Å². The molecule has 1 aliphatic rings. The monoisotopic (exact) mass is 527 g/mol. The summed E-state index contributed by atoms with van der Waals surface area (Å²) in [6.45, 7) is 0. The molecule has 0 spiro atoms. The molecule has 170 valence electrons. The maximum Gasteiger partial charge on any atom is 0.269 e. The van der Waals surface area contributed by atoms with E-state index < -0.39 is 11.2 Å². The number of rotatable bonds is 5. The molecular formula is C25H16Cl3N3O2S. The van der Waals surface area contributed by atoms with Crippen LogP contribution in [0.15, 0.2) is 83.4 Å². The largest absolute Gasteiger partial charge is 0.320 e. The number of amides is 2. The van der Waals surface area contributed by atoms with Gasteiger partial charge in [0.15, 0.2) is 0 Å². The second-order valence-corrected chi connectivity index (χ2v) is 9.79. The summed E-state index contributed by atoms with van der Waals surface area (Å²) in [7, 11) is 0. The van der Waals surface area contributed by atoms with Crippen molar-refractivity contribution in [2.24, 2.45) is 0 Å². The third kappa shape index (κ3) is 5.24. The number of para-hydroxylation sites is 1.